The van der Waals surface area contributed by atoms with Crippen LogP contribution >= 0.6 is 0 Å². The van der Waals surface area contributed by atoms with E-state index in [0.29, 0.717) is 13.1 Å². The Bertz CT molecular complexity index is 901. The predicted molar refractivity (Wildman–Crippen MR) is 94.4 cm³/mol. The van der Waals surface area contributed by atoms with Crippen molar-refractivity contribution in [1.82, 2.24) is 9.88 Å². The number of aromatic amines is 1. The SMILES string of the molecule is COc1cccc(NC(=O)N2CCc3c([nH]c4ccccc34)C2)c1. The van der Waals surface area contributed by atoms with Gasteiger partial charge in [0.05, 0.1) is 13.7 Å². The van der Waals surface area contributed by atoms with Crippen LogP contribution in [-0.4, -0.2) is 29.6 Å². The molecule has 3 aromatic rings. The van der Waals surface area contributed by atoms with E-state index in [1.807, 2.05) is 35.2 Å². The lowest BCUT2D eigenvalue weighted by Crippen LogP contribution is -2.38. The van der Waals surface area contributed by atoms with Crippen molar-refractivity contribution in [3.63, 3.8) is 0 Å². The van der Waals surface area contributed by atoms with Crippen LogP contribution in [0.2, 0.25) is 0 Å². The second-order valence-electron chi connectivity index (χ2n) is 5.96. The van der Waals surface area contributed by atoms with Crippen molar-refractivity contribution in [2.45, 2.75) is 13.0 Å². The van der Waals surface area contributed by atoms with Gasteiger partial charge in [-0.1, -0.05) is 24.3 Å². The average Bonchev–Trinajstić information content (AvgIpc) is 2.99. The molecule has 0 bridgehead atoms. The number of H-pyrrole nitrogens is 1. The van der Waals surface area contributed by atoms with Gasteiger partial charge in [-0.2, -0.15) is 0 Å². The standard InChI is InChI=1S/C19H19N3O2/c1-24-14-6-4-5-13(11-14)20-19(23)22-10-9-16-15-7-2-3-8-17(15)21-18(16)12-22/h2-8,11,21H,9-10,12H2,1H3,(H,20,23). The summed E-state index contributed by atoms with van der Waals surface area (Å²) in [5.41, 5.74) is 4.33. The molecule has 2 N–H and O–H groups in total. The molecule has 24 heavy (non-hydrogen) atoms. The van der Waals surface area contributed by atoms with Crippen LogP contribution in [0.4, 0.5) is 10.5 Å². The fourth-order valence-electron chi connectivity index (χ4n) is 3.27. The normalized spacial score (nSPS) is 13.6. The molecule has 0 fully saturated rings. The Hall–Kier alpha value is -2.95. The molecule has 0 saturated carbocycles. The van der Waals surface area contributed by atoms with E-state index in [0.717, 1.165) is 29.1 Å². The van der Waals surface area contributed by atoms with Crippen molar-refractivity contribution >= 4 is 22.6 Å². The molecule has 2 aromatic carbocycles. The molecule has 122 valence electrons. The van der Waals surface area contributed by atoms with Gasteiger partial charge in [0, 0.05) is 34.9 Å². The number of nitrogens with zero attached hydrogens (tertiary/aromatic N) is 1. The molecule has 0 aliphatic carbocycles. The fourth-order valence-corrected chi connectivity index (χ4v) is 3.27. The largest absolute Gasteiger partial charge is 0.497 e. The van der Waals surface area contributed by atoms with Gasteiger partial charge in [0.1, 0.15) is 5.75 Å². The maximum Gasteiger partial charge on any atom is 0.322 e. The van der Waals surface area contributed by atoms with Crippen LogP contribution in [0.1, 0.15) is 11.3 Å². The number of nitrogens with one attached hydrogen (secondary N) is 2. The van der Waals surface area contributed by atoms with Crippen molar-refractivity contribution in [1.29, 1.82) is 0 Å². The van der Waals surface area contributed by atoms with Gasteiger partial charge in [-0.05, 0) is 30.2 Å². The van der Waals surface area contributed by atoms with E-state index >= 15 is 0 Å². The topological polar surface area (TPSA) is 57.4 Å². The van der Waals surface area contributed by atoms with Gasteiger partial charge in [-0.25, -0.2) is 4.79 Å². The minimum absolute atomic E-state index is 0.0902. The van der Waals surface area contributed by atoms with Gasteiger partial charge in [0.2, 0.25) is 0 Å². The smallest absolute Gasteiger partial charge is 0.322 e. The van der Waals surface area contributed by atoms with Gasteiger partial charge in [0.15, 0.2) is 0 Å². The molecular weight excluding hydrogens is 302 g/mol. The molecule has 0 spiro atoms. The van der Waals surface area contributed by atoms with Crippen LogP contribution in [0, 0.1) is 0 Å². The zero-order valence-corrected chi connectivity index (χ0v) is 13.5. The molecule has 5 heteroatoms. The predicted octanol–water partition coefficient (Wildman–Crippen LogP) is 3.77. The van der Waals surface area contributed by atoms with E-state index in [9.17, 15) is 4.79 Å². The first-order valence-electron chi connectivity index (χ1n) is 8.03. The molecule has 1 aliphatic heterocycles. The summed E-state index contributed by atoms with van der Waals surface area (Å²) in [7, 11) is 1.61. The van der Waals surface area contributed by atoms with E-state index in [4.69, 9.17) is 4.74 Å². The summed E-state index contributed by atoms with van der Waals surface area (Å²) in [5, 5.41) is 4.21. The number of anilines is 1. The molecule has 0 radical (unpaired) electrons. The van der Waals surface area contributed by atoms with Crippen LogP contribution in [0.3, 0.4) is 0 Å². The van der Waals surface area contributed by atoms with Gasteiger partial charge in [-0.3, -0.25) is 0 Å². The lowest BCUT2D eigenvalue weighted by Gasteiger charge is -2.27. The number of fused-ring (bicyclic) bond motifs is 3. The number of ether oxygens (including phenoxy) is 1. The summed E-state index contributed by atoms with van der Waals surface area (Å²) in [5.74, 6) is 0.726. The Labute approximate surface area is 140 Å². The highest BCUT2D eigenvalue weighted by Gasteiger charge is 2.23. The van der Waals surface area contributed by atoms with Gasteiger partial charge < -0.3 is 19.9 Å². The zero-order valence-electron chi connectivity index (χ0n) is 13.5. The third-order valence-electron chi connectivity index (χ3n) is 4.49. The Morgan fingerprint density at radius 3 is 2.96 bits per heavy atom. The van der Waals surface area contributed by atoms with Crippen LogP contribution < -0.4 is 10.1 Å². The molecule has 0 atom stereocenters. The maximum atomic E-state index is 12.6. The number of rotatable bonds is 2. The number of carbonyl (C=O) groups is 1. The fraction of sp³-hybridized carbons (Fsp3) is 0.211. The number of carbonyl (C=O) groups excluding carboxylic acids is 1. The summed E-state index contributed by atoms with van der Waals surface area (Å²) in [4.78, 5) is 17.8. The highest BCUT2D eigenvalue weighted by Crippen LogP contribution is 2.27. The lowest BCUT2D eigenvalue weighted by molar-refractivity contribution is 0.206. The monoisotopic (exact) mass is 321 g/mol. The summed E-state index contributed by atoms with van der Waals surface area (Å²) in [6.07, 6.45) is 0.866. The summed E-state index contributed by atoms with van der Waals surface area (Å²) >= 11 is 0. The van der Waals surface area contributed by atoms with E-state index in [1.165, 1.54) is 10.9 Å². The van der Waals surface area contributed by atoms with Crippen molar-refractivity contribution in [2.75, 3.05) is 19.0 Å². The first-order valence-corrected chi connectivity index (χ1v) is 8.03. The molecule has 5 nitrogen and oxygen atoms in total. The van der Waals surface area contributed by atoms with Crippen molar-refractivity contribution in [3.8, 4) is 5.75 Å². The third kappa shape index (κ3) is 2.58. The van der Waals surface area contributed by atoms with Gasteiger partial charge in [0.25, 0.3) is 0 Å². The number of urea groups is 1. The van der Waals surface area contributed by atoms with Crippen LogP contribution in [0.15, 0.2) is 48.5 Å². The van der Waals surface area contributed by atoms with Gasteiger partial charge >= 0.3 is 6.03 Å². The van der Waals surface area contributed by atoms with Crippen molar-refractivity contribution < 1.29 is 9.53 Å². The molecular formula is C19H19N3O2. The minimum Gasteiger partial charge on any atom is -0.497 e. The third-order valence-corrected chi connectivity index (χ3v) is 4.49. The maximum absolute atomic E-state index is 12.6. The average molecular weight is 321 g/mol. The van der Waals surface area contributed by atoms with Crippen LogP contribution in [0.5, 0.6) is 5.75 Å². The van der Waals surface area contributed by atoms with Crippen molar-refractivity contribution in [3.05, 3.63) is 59.8 Å². The van der Waals surface area contributed by atoms with E-state index in [2.05, 4.69) is 28.5 Å². The molecule has 1 aromatic heterocycles. The second kappa shape index (κ2) is 5.92. The number of hydrogen-bond acceptors (Lipinski definition) is 2. The Kier molecular flexibility index (Phi) is 3.61. The summed E-state index contributed by atoms with van der Waals surface area (Å²) in [6, 6.07) is 15.6. The van der Waals surface area contributed by atoms with E-state index in [-0.39, 0.29) is 6.03 Å². The van der Waals surface area contributed by atoms with E-state index in [1.54, 1.807) is 7.11 Å². The number of amides is 2. The number of aromatic nitrogens is 1. The van der Waals surface area contributed by atoms with Gasteiger partial charge in [-0.15, -0.1) is 0 Å². The highest BCUT2D eigenvalue weighted by molar-refractivity contribution is 5.90. The number of para-hydroxylation sites is 1. The second-order valence-corrected chi connectivity index (χ2v) is 5.96. The zero-order chi connectivity index (χ0) is 16.5. The summed E-state index contributed by atoms with van der Waals surface area (Å²) < 4.78 is 5.19. The van der Waals surface area contributed by atoms with E-state index < -0.39 is 0 Å². The quantitative estimate of drug-likeness (QED) is 0.755. The molecule has 0 saturated heterocycles. The van der Waals surface area contributed by atoms with Crippen molar-refractivity contribution in [2.24, 2.45) is 0 Å². The molecule has 2 amide bonds. The number of benzene rings is 2. The first-order chi connectivity index (χ1) is 11.7. The Morgan fingerprint density at radius 1 is 1.21 bits per heavy atom. The molecule has 1 aliphatic rings. The minimum atomic E-state index is -0.0902. The Morgan fingerprint density at radius 2 is 2.08 bits per heavy atom. The lowest BCUT2D eigenvalue weighted by atomic mass is 10.0. The first kappa shape index (κ1) is 14.6. The highest BCUT2D eigenvalue weighted by atomic mass is 16.5. The number of methoxy groups -OCH3 is 1. The summed E-state index contributed by atoms with van der Waals surface area (Å²) in [6.45, 7) is 1.31. The van der Waals surface area contributed by atoms with Crippen LogP contribution in [0.25, 0.3) is 10.9 Å². The number of hydrogen-bond donors (Lipinski definition) is 2. The molecule has 0 unspecified atom stereocenters. The van der Waals surface area contributed by atoms with Crippen LogP contribution in [-0.2, 0) is 13.0 Å². The molecule has 4 rings (SSSR count). The molecule has 2 heterocycles. The Balaban J connectivity index is 1.52.